The molecule has 0 aliphatic carbocycles. The van der Waals surface area contributed by atoms with Crippen LogP contribution in [0.3, 0.4) is 0 Å². The van der Waals surface area contributed by atoms with Gasteiger partial charge in [0.15, 0.2) is 11.5 Å². The van der Waals surface area contributed by atoms with Crippen molar-refractivity contribution in [1.29, 1.82) is 0 Å². The van der Waals surface area contributed by atoms with Gasteiger partial charge < -0.3 is 23.7 Å². The Hall–Kier alpha value is -2.96. The average Bonchev–Trinajstić information content (AvgIpc) is 3.32. The fourth-order valence-electron chi connectivity index (χ4n) is 3.26. The van der Waals surface area contributed by atoms with Crippen molar-refractivity contribution in [3.8, 4) is 11.5 Å². The molecule has 7 nitrogen and oxygen atoms in total. The van der Waals surface area contributed by atoms with E-state index < -0.39 is 0 Å². The number of furan rings is 1. The number of rotatable bonds is 8. The zero-order valence-electron chi connectivity index (χ0n) is 17.4. The van der Waals surface area contributed by atoms with Crippen LogP contribution in [0.2, 0.25) is 0 Å². The Morgan fingerprint density at radius 2 is 1.79 bits per heavy atom. The van der Waals surface area contributed by atoms with E-state index in [0.717, 1.165) is 11.3 Å². The molecule has 0 spiro atoms. The topological polar surface area (TPSA) is 72.2 Å². The first-order valence-corrected chi connectivity index (χ1v) is 9.88. The predicted octanol–water partition coefficient (Wildman–Crippen LogP) is 3.49. The molecule has 0 atom stereocenters. The second-order valence-electron chi connectivity index (χ2n) is 7.42. The van der Waals surface area contributed by atoms with Crippen LogP contribution in [0.4, 0.5) is 0 Å². The summed E-state index contributed by atoms with van der Waals surface area (Å²) in [6, 6.07) is 9.33. The average molecular weight is 400 g/mol. The molecule has 1 aromatic heterocycles. The number of benzene rings is 1. The molecule has 0 unspecified atom stereocenters. The second kappa shape index (κ2) is 9.03. The van der Waals surface area contributed by atoms with Crippen LogP contribution in [0.25, 0.3) is 0 Å². The van der Waals surface area contributed by atoms with Crippen LogP contribution in [-0.2, 0) is 22.7 Å². The number of fused-ring (bicyclic) bond motifs is 1. The molecule has 0 saturated heterocycles. The van der Waals surface area contributed by atoms with Gasteiger partial charge in [0.05, 0.1) is 13.1 Å². The van der Waals surface area contributed by atoms with Crippen LogP contribution in [0.5, 0.6) is 11.5 Å². The fraction of sp³-hybridized carbons (Fsp3) is 0.455. The largest absolute Gasteiger partial charge is 0.464 e. The number of hydrogen-bond acceptors (Lipinski definition) is 5. The number of carbonyl (C=O) groups is 2. The third-order valence-electron chi connectivity index (χ3n) is 4.86. The number of ether oxygens (including phenoxy) is 2. The number of hydrogen-bond donors (Lipinski definition) is 0. The zero-order valence-corrected chi connectivity index (χ0v) is 17.4. The smallest absolute Gasteiger partial charge is 0.242 e. The van der Waals surface area contributed by atoms with Crippen molar-refractivity contribution >= 4 is 11.8 Å². The lowest BCUT2D eigenvalue weighted by Crippen LogP contribution is -2.45. The Morgan fingerprint density at radius 3 is 2.45 bits per heavy atom. The van der Waals surface area contributed by atoms with Crippen LogP contribution in [0.1, 0.15) is 44.3 Å². The minimum absolute atomic E-state index is 0.0363. The van der Waals surface area contributed by atoms with Gasteiger partial charge in [-0.15, -0.1) is 0 Å². The van der Waals surface area contributed by atoms with E-state index in [1.165, 1.54) is 0 Å². The Balaban J connectivity index is 1.80. The fourth-order valence-corrected chi connectivity index (χ4v) is 3.26. The summed E-state index contributed by atoms with van der Waals surface area (Å²) in [5, 5.41) is 0. The molecule has 156 valence electrons. The zero-order chi connectivity index (χ0) is 21.0. The van der Waals surface area contributed by atoms with E-state index in [1.54, 1.807) is 16.7 Å². The first-order valence-electron chi connectivity index (χ1n) is 9.88. The van der Waals surface area contributed by atoms with Crippen molar-refractivity contribution in [1.82, 2.24) is 9.80 Å². The van der Waals surface area contributed by atoms with Crippen molar-refractivity contribution in [2.24, 2.45) is 0 Å². The van der Waals surface area contributed by atoms with E-state index in [-0.39, 0.29) is 31.2 Å². The highest BCUT2D eigenvalue weighted by atomic mass is 16.7. The van der Waals surface area contributed by atoms with E-state index in [2.05, 4.69) is 0 Å². The third-order valence-corrected chi connectivity index (χ3v) is 4.86. The Labute approximate surface area is 171 Å². The Morgan fingerprint density at radius 1 is 1.03 bits per heavy atom. The van der Waals surface area contributed by atoms with Crippen molar-refractivity contribution in [2.75, 3.05) is 13.3 Å². The molecule has 1 aliphatic rings. The van der Waals surface area contributed by atoms with Gasteiger partial charge in [-0.25, -0.2) is 0 Å². The van der Waals surface area contributed by atoms with Gasteiger partial charge >= 0.3 is 0 Å². The number of aryl methyl sites for hydroxylation is 1. The van der Waals surface area contributed by atoms with Crippen molar-refractivity contribution < 1.29 is 23.5 Å². The van der Waals surface area contributed by atoms with Gasteiger partial charge in [-0.2, -0.15) is 0 Å². The Kier molecular flexibility index (Phi) is 6.46. The van der Waals surface area contributed by atoms with Crippen LogP contribution in [0, 0.1) is 6.92 Å². The first-order chi connectivity index (χ1) is 13.9. The van der Waals surface area contributed by atoms with Crippen molar-refractivity contribution in [3.05, 3.63) is 47.4 Å². The summed E-state index contributed by atoms with van der Waals surface area (Å²) in [5.74, 6) is 2.70. The normalized spacial score (nSPS) is 12.3. The third kappa shape index (κ3) is 5.10. The van der Waals surface area contributed by atoms with Gasteiger partial charge in [-0.05, 0) is 50.6 Å². The maximum Gasteiger partial charge on any atom is 0.242 e. The van der Waals surface area contributed by atoms with E-state index in [4.69, 9.17) is 13.9 Å². The van der Waals surface area contributed by atoms with E-state index >= 15 is 0 Å². The lowest BCUT2D eigenvalue weighted by molar-refractivity contribution is -0.142. The first kappa shape index (κ1) is 20.8. The van der Waals surface area contributed by atoms with Gasteiger partial charge in [0.1, 0.15) is 11.5 Å². The maximum absolute atomic E-state index is 13.2. The van der Waals surface area contributed by atoms with Gasteiger partial charge in [-0.1, -0.05) is 13.0 Å². The summed E-state index contributed by atoms with van der Waals surface area (Å²) in [7, 11) is 0. The molecule has 0 saturated carbocycles. The molecule has 0 radical (unpaired) electrons. The number of nitrogens with zero attached hydrogens (tertiary/aromatic N) is 2. The van der Waals surface area contributed by atoms with E-state index in [9.17, 15) is 9.59 Å². The summed E-state index contributed by atoms with van der Waals surface area (Å²) in [5.41, 5.74) is 0.920. The van der Waals surface area contributed by atoms with Crippen LogP contribution in [0.15, 0.2) is 34.7 Å². The summed E-state index contributed by atoms with van der Waals surface area (Å²) >= 11 is 0. The molecule has 0 N–H and O–H groups in total. The molecule has 0 fully saturated rings. The number of amides is 2. The highest BCUT2D eigenvalue weighted by molar-refractivity contribution is 5.85. The van der Waals surface area contributed by atoms with E-state index in [1.807, 2.05) is 51.1 Å². The molecule has 3 rings (SSSR count). The molecule has 1 aromatic carbocycles. The summed E-state index contributed by atoms with van der Waals surface area (Å²) in [6.07, 6.45) is 0.366. The molecule has 2 amide bonds. The molecular weight excluding hydrogens is 372 g/mol. The molecule has 2 aromatic rings. The summed E-state index contributed by atoms with van der Waals surface area (Å²) < 4.78 is 16.5. The van der Waals surface area contributed by atoms with Gasteiger partial charge in [0.2, 0.25) is 18.6 Å². The van der Waals surface area contributed by atoms with Gasteiger partial charge in [0.25, 0.3) is 0 Å². The maximum atomic E-state index is 13.2. The molecule has 0 bridgehead atoms. The number of carbonyl (C=O) groups excluding carboxylic acids is 2. The van der Waals surface area contributed by atoms with Crippen LogP contribution in [-0.4, -0.2) is 41.0 Å². The van der Waals surface area contributed by atoms with Gasteiger partial charge in [-0.3, -0.25) is 9.59 Å². The Bertz CT molecular complexity index is 874. The lowest BCUT2D eigenvalue weighted by atomic mass is 10.1. The predicted molar refractivity (Wildman–Crippen MR) is 107 cm³/mol. The highest BCUT2D eigenvalue weighted by Gasteiger charge is 2.24. The second-order valence-corrected chi connectivity index (χ2v) is 7.42. The lowest BCUT2D eigenvalue weighted by Gasteiger charge is -2.29. The SMILES string of the molecule is CCC(=O)N(CC(=O)N(Cc1ccc2c(c1)OCO2)Cc1ccc(C)o1)C(C)C. The van der Waals surface area contributed by atoms with Crippen molar-refractivity contribution in [3.63, 3.8) is 0 Å². The minimum Gasteiger partial charge on any atom is -0.464 e. The van der Waals surface area contributed by atoms with Gasteiger partial charge in [0, 0.05) is 19.0 Å². The van der Waals surface area contributed by atoms with Crippen LogP contribution >= 0.6 is 0 Å². The summed E-state index contributed by atoms with van der Waals surface area (Å²) in [4.78, 5) is 28.7. The standard InChI is InChI=1S/C22H28N2O5/c1-5-21(25)24(15(2)3)13-22(26)23(12-18-8-6-16(4)29-18)11-17-7-9-19-20(10-17)28-14-27-19/h6-10,15H,5,11-14H2,1-4H3. The van der Waals surface area contributed by atoms with E-state index in [0.29, 0.717) is 36.8 Å². The molecule has 2 heterocycles. The summed E-state index contributed by atoms with van der Waals surface area (Å²) in [6.45, 7) is 8.45. The highest BCUT2D eigenvalue weighted by Crippen LogP contribution is 2.33. The van der Waals surface area contributed by atoms with Crippen molar-refractivity contribution in [2.45, 2.75) is 53.2 Å². The molecule has 29 heavy (non-hydrogen) atoms. The minimum atomic E-state index is -0.132. The quantitative estimate of drug-likeness (QED) is 0.678. The molecular formula is C22H28N2O5. The molecule has 1 aliphatic heterocycles. The monoisotopic (exact) mass is 400 g/mol. The molecule has 7 heteroatoms. The van der Waals surface area contributed by atoms with Crippen LogP contribution < -0.4 is 9.47 Å².